The van der Waals surface area contributed by atoms with E-state index in [0.29, 0.717) is 5.69 Å². The lowest BCUT2D eigenvalue weighted by molar-refractivity contribution is 1.20. The van der Waals surface area contributed by atoms with Crippen LogP contribution in [0.15, 0.2) is 108 Å². The Bertz CT molecular complexity index is 1110. The fourth-order valence-corrected chi connectivity index (χ4v) is 3.43. The number of hydrogen-bond donors (Lipinski definition) is 0. The molecule has 148 valence electrons. The van der Waals surface area contributed by atoms with Crippen molar-refractivity contribution in [2.45, 2.75) is 6.92 Å². The van der Waals surface area contributed by atoms with Crippen molar-refractivity contribution in [2.75, 3.05) is 16.8 Å². The summed E-state index contributed by atoms with van der Waals surface area (Å²) in [6, 6.07) is 34.6. The Hall–Kier alpha value is -3.92. The van der Waals surface area contributed by atoms with Crippen LogP contribution in [0.4, 0.5) is 34.1 Å². The maximum atomic E-state index is 10.6. The smallest absolute Gasteiger partial charge is 0.108 e. The van der Waals surface area contributed by atoms with Gasteiger partial charge in [-0.15, -0.1) is 4.91 Å². The lowest BCUT2D eigenvalue weighted by Crippen LogP contribution is -2.11. The highest BCUT2D eigenvalue weighted by atomic mass is 16.3. The van der Waals surface area contributed by atoms with Crippen molar-refractivity contribution in [3.8, 4) is 0 Å². The minimum absolute atomic E-state index is 0.430. The van der Waals surface area contributed by atoms with Gasteiger partial charge in [-0.05, 0) is 84.9 Å². The minimum Gasteiger partial charge on any atom is -0.345 e. The van der Waals surface area contributed by atoms with Crippen molar-refractivity contribution in [3.05, 3.63) is 114 Å². The number of nitroso groups, excluding NO2 is 1. The molecule has 4 heteroatoms. The van der Waals surface area contributed by atoms with Gasteiger partial charge < -0.3 is 9.80 Å². The first-order valence-corrected chi connectivity index (χ1v) is 9.85. The van der Waals surface area contributed by atoms with Gasteiger partial charge in [0.1, 0.15) is 5.69 Å². The molecule has 0 aliphatic carbocycles. The summed E-state index contributed by atoms with van der Waals surface area (Å²) in [6.45, 7) is 2.10. The molecular formula is C26H23N3O. The second-order valence-corrected chi connectivity index (χ2v) is 7.19. The molecule has 0 aromatic heterocycles. The standard InChI is InChI=1S/C26H23N3O/c1-20-8-12-25(13-9-20)29(24-6-4-3-5-7-24)26-18-16-23(17-19-26)28(2)22-14-10-21(27-30)11-15-22/h3-19H,1-2H3. The molecule has 0 bridgehead atoms. The van der Waals surface area contributed by atoms with Gasteiger partial charge in [-0.3, -0.25) is 0 Å². The van der Waals surface area contributed by atoms with Crippen LogP contribution in [0.25, 0.3) is 0 Å². The van der Waals surface area contributed by atoms with E-state index >= 15 is 0 Å². The molecule has 4 aromatic carbocycles. The third kappa shape index (κ3) is 4.08. The molecule has 4 rings (SSSR count). The maximum Gasteiger partial charge on any atom is 0.108 e. The van der Waals surface area contributed by atoms with Gasteiger partial charge in [0.2, 0.25) is 0 Å². The van der Waals surface area contributed by atoms with Crippen molar-refractivity contribution in [1.82, 2.24) is 0 Å². The number of benzene rings is 4. The highest BCUT2D eigenvalue weighted by Gasteiger charge is 2.13. The van der Waals surface area contributed by atoms with Gasteiger partial charge in [-0.2, -0.15) is 0 Å². The Morgan fingerprint density at radius 3 is 1.53 bits per heavy atom. The first-order chi connectivity index (χ1) is 14.7. The van der Waals surface area contributed by atoms with Gasteiger partial charge in [0.15, 0.2) is 0 Å². The predicted octanol–water partition coefficient (Wildman–Crippen LogP) is 7.63. The molecule has 0 fully saturated rings. The topological polar surface area (TPSA) is 35.9 Å². The molecule has 4 nitrogen and oxygen atoms in total. The molecule has 30 heavy (non-hydrogen) atoms. The van der Waals surface area contributed by atoms with Crippen molar-refractivity contribution >= 4 is 34.1 Å². The first-order valence-electron chi connectivity index (χ1n) is 9.85. The van der Waals surface area contributed by atoms with E-state index < -0.39 is 0 Å². The van der Waals surface area contributed by atoms with Gasteiger partial charge in [0.05, 0.1) is 0 Å². The van der Waals surface area contributed by atoms with Crippen molar-refractivity contribution in [3.63, 3.8) is 0 Å². The molecular weight excluding hydrogens is 370 g/mol. The Labute approximate surface area is 177 Å². The fourth-order valence-electron chi connectivity index (χ4n) is 3.43. The van der Waals surface area contributed by atoms with E-state index in [4.69, 9.17) is 0 Å². The van der Waals surface area contributed by atoms with Gasteiger partial charge in [-0.25, -0.2) is 0 Å². The van der Waals surface area contributed by atoms with Crippen LogP contribution < -0.4 is 9.80 Å². The largest absolute Gasteiger partial charge is 0.345 e. The van der Waals surface area contributed by atoms with E-state index in [2.05, 4.69) is 94.7 Å². The molecule has 0 radical (unpaired) electrons. The Kier molecular flexibility index (Phi) is 5.57. The molecule has 0 saturated carbocycles. The molecule has 0 spiro atoms. The van der Waals surface area contributed by atoms with E-state index in [0.717, 1.165) is 28.4 Å². The lowest BCUT2D eigenvalue weighted by atomic mass is 10.1. The molecule has 0 aliphatic rings. The normalized spacial score (nSPS) is 10.5. The van der Waals surface area contributed by atoms with Crippen molar-refractivity contribution < 1.29 is 0 Å². The van der Waals surface area contributed by atoms with Crippen LogP contribution in [0.3, 0.4) is 0 Å². The number of anilines is 5. The third-order valence-electron chi connectivity index (χ3n) is 5.14. The van der Waals surface area contributed by atoms with Gasteiger partial charge in [-0.1, -0.05) is 35.9 Å². The zero-order valence-corrected chi connectivity index (χ0v) is 17.1. The van der Waals surface area contributed by atoms with Gasteiger partial charge >= 0.3 is 0 Å². The van der Waals surface area contributed by atoms with Crippen LogP contribution in [-0.4, -0.2) is 7.05 Å². The second kappa shape index (κ2) is 8.62. The Balaban J connectivity index is 1.67. The number of hydrogen-bond acceptors (Lipinski definition) is 4. The van der Waals surface area contributed by atoms with Crippen LogP contribution in [0.5, 0.6) is 0 Å². The van der Waals surface area contributed by atoms with Gasteiger partial charge in [0, 0.05) is 35.5 Å². The van der Waals surface area contributed by atoms with Crippen LogP contribution in [0, 0.1) is 11.8 Å². The van der Waals surface area contributed by atoms with Crippen LogP contribution in [-0.2, 0) is 0 Å². The zero-order chi connectivity index (χ0) is 20.9. The summed E-state index contributed by atoms with van der Waals surface area (Å²) in [5.74, 6) is 0. The van der Waals surface area contributed by atoms with Crippen molar-refractivity contribution in [2.24, 2.45) is 5.18 Å². The Morgan fingerprint density at radius 1 is 0.567 bits per heavy atom. The summed E-state index contributed by atoms with van der Waals surface area (Å²) in [7, 11) is 2.01. The average molecular weight is 393 g/mol. The zero-order valence-electron chi connectivity index (χ0n) is 17.1. The second-order valence-electron chi connectivity index (χ2n) is 7.19. The molecule has 0 unspecified atom stereocenters. The molecule has 0 amide bonds. The van der Waals surface area contributed by atoms with Crippen LogP contribution in [0.1, 0.15) is 5.56 Å². The van der Waals surface area contributed by atoms with E-state index in [9.17, 15) is 4.91 Å². The Morgan fingerprint density at radius 2 is 1.00 bits per heavy atom. The maximum absolute atomic E-state index is 10.6. The highest BCUT2D eigenvalue weighted by Crippen LogP contribution is 2.36. The minimum atomic E-state index is 0.430. The predicted molar refractivity (Wildman–Crippen MR) is 126 cm³/mol. The van der Waals surface area contributed by atoms with E-state index in [1.165, 1.54) is 5.56 Å². The monoisotopic (exact) mass is 393 g/mol. The lowest BCUT2D eigenvalue weighted by Gasteiger charge is -2.26. The van der Waals surface area contributed by atoms with E-state index in [1.807, 2.05) is 25.2 Å². The van der Waals surface area contributed by atoms with Crippen LogP contribution >= 0.6 is 0 Å². The summed E-state index contributed by atoms with van der Waals surface area (Å²) in [6.07, 6.45) is 0. The summed E-state index contributed by atoms with van der Waals surface area (Å²) in [5.41, 5.74) is 7.03. The molecule has 0 saturated heterocycles. The quantitative estimate of drug-likeness (QED) is 0.316. The molecule has 0 heterocycles. The highest BCUT2D eigenvalue weighted by molar-refractivity contribution is 5.78. The van der Waals surface area contributed by atoms with Crippen LogP contribution in [0.2, 0.25) is 0 Å². The third-order valence-corrected chi connectivity index (χ3v) is 5.14. The average Bonchev–Trinajstić information content (AvgIpc) is 2.81. The molecule has 0 atom stereocenters. The number of para-hydroxylation sites is 1. The number of nitrogens with zero attached hydrogens (tertiary/aromatic N) is 3. The summed E-state index contributed by atoms with van der Waals surface area (Å²) >= 11 is 0. The van der Waals surface area contributed by atoms with Gasteiger partial charge in [0.25, 0.3) is 0 Å². The summed E-state index contributed by atoms with van der Waals surface area (Å²) in [4.78, 5) is 15.0. The van der Waals surface area contributed by atoms with E-state index in [1.54, 1.807) is 12.1 Å². The molecule has 4 aromatic rings. The van der Waals surface area contributed by atoms with E-state index in [-0.39, 0.29) is 0 Å². The SMILES string of the molecule is Cc1ccc(N(c2ccccc2)c2ccc(N(C)c3ccc(N=O)cc3)cc2)cc1. The van der Waals surface area contributed by atoms with Crippen molar-refractivity contribution in [1.29, 1.82) is 0 Å². The number of aryl methyl sites for hydroxylation is 1. The molecule has 0 N–H and O–H groups in total. The first kappa shape index (κ1) is 19.4. The summed E-state index contributed by atoms with van der Waals surface area (Å²) < 4.78 is 0. The number of rotatable bonds is 6. The molecule has 0 aliphatic heterocycles. The summed E-state index contributed by atoms with van der Waals surface area (Å²) in [5, 5.41) is 2.96. The fraction of sp³-hybridized carbons (Fsp3) is 0.0769.